The third-order valence-corrected chi connectivity index (χ3v) is 1.84. The Balaban J connectivity index is 3.37. The zero-order valence-electron chi connectivity index (χ0n) is 7.81. The van der Waals surface area contributed by atoms with Crippen LogP contribution in [-0.2, 0) is 0 Å². The van der Waals surface area contributed by atoms with Gasteiger partial charge in [0.25, 0.3) is 0 Å². The smallest absolute Gasteiger partial charge is 0.0611 e. The van der Waals surface area contributed by atoms with E-state index in [0.717, 1.165) is 28.2 Å². The Morgan fingerprint density at radius 3 is 2.58 bits per heavy atom. The molecule has 0 aliphatic rings. The molecule has 0 fully saturated rings. The lowest BCUT2D eigenvalue weighted by Gasteiger charge is -2.08. The molecular formula is C10H14N2. The number of aryl methyl sites for hydroxylation is 2. The molecule has 1 aromatic rings. The van der Waals surface area contributed by atoms with Gasteiger partial charge in [-0.3, -0.25) is 4.98 Å². The van der Waals surface area contributed by atoms with E-state index in [0.29, 0.717) is 0 Å². The molecule has 64 valence electrons. The second-order valence-corrected chi connectivity index (χ2v) is 3.09. The SMILES string of the molecule is C=C(C)c1cc(C)nc(C)c1N. The maximum Gasteiger partial charge on any atom is 0.0611 e. The third kappa shape index (κ3) is 1.47. The maximum atomic E-state index is 5.83. The molecule has 0 saturated carbocycles. The summed E-state index contributed by atoms with van der Waals surface area (Å²) in [5.74, 6) is 0. The first-order chi connectivity index (χ1) is 5.52. The number of aromatic nitrogens is 1. The van der Waals surface area contributed by atoms with Crippen molar-refractivity contribution in [3.63, 3.8) is 0 Å². The Hall–Kier alpha value is -1.31. The summed E-state index contributed by atoms with van der Waals surface area (Å²) in [5, 5.41) is 0. The predicted octanol–water partition coefficient (Wildman–Crippen LogP) is 2.31. The average molecular weight is 162 g/mol. The highest BCUT2D eigenvalue weighted by Gasteiger charge is 2.04. The highest BCUT2D eigenvalue weighted by Crippen LogP contribution is 2.22. The molecule has 0 unspecified atom stereocenters. The van der Waals surface area contributed by atoms with Gasteiger partial charge in [0.1, 0.15) is 0 Å². The first-order valence-corrected chi connectivity index (χ1v) is 3.92. The van der Waals surface area contributed by atoms with Gasteiger partial charge in [-0.25, -0.2) is 0 Å². The van der Waals surface area contributed by atoms with Gasteiger partial charge in [-0.15, -0.1) is 0 Å². The van der Waals surface area contributed by atoms with Gasteiger partial charge in [0.15, 0.2) is 0 Å². The molecule has 0 atom stereocenters. The number of pyridine rings is 1. The number of hydrogen-bond donors (Lipinski definition) is 1. The number of nitrogens with zero attached hydrogens (tertiary/aromatic N) is 1. The molecule has 12 heavy (non-hydrogen) atoms. The Labute approximate surface area is 73.1 Å². The third-order valence-electron chi connectivity index (χ3n) is 1.84. The molecule has 2 heteroatoms. The van der Waals surface area contributed by atoms with Gasteiger partial charge in [0, 0.05) is 11.3 Å². The lowest BCUT2D eigenvalue weighted by molar-refractivity contribution is 1.12. The first kappa shape index (κ1) is 8.78. The van der Waals surface area contributed by atoms with Crippen LogP contribution in [0.15, 0.2) is 12.6 Å². The van der Waals surface area contributed by atoms with E-state index >= 15 is 0 Å². The first-order valence-electron chi connectivity index (χ1n) is 3.92. The minimum atomic E-state index is 0.744. The summed E-state index contributed by atoms with van der Waals surface area (Å²) >= 11 is 0. The zero-order valence-corrected chi connectivity index (χ0v) is 7.81. The molecule has 0 aliphatic carbocycles. The lowest BCUT2D eigenvalue weighted by atomic mass is 10.1. The van der Waals surface area contributed by atoms with Crippen LogP contribution >= 0.6 is 0 Å². The van der Waals surface area contributed by atoms with E-state index in [9.17, 15) is 0 Å². The maximum absolute atomic E-state index is 5.83. The number of anilines is 1. The van der Waals surface area contributed by atoms with Crippen molar-refractivity contribution in [1.29, 1.82) is 0 Å². The largest absolute Gasteiger partial charge is 0.397 e. The molecule has 1 heterocycles. The van der Waals surface area contributed by atoms with E-state index in [-0.39, 0.29) is 0 Å². The fraction of sp³-hybridized carbons (Fsp3) is 0.300. The minimum Gasteiger partial charge on any atom is -0.397 e. The van der Waals surface area contributed by atoms with Crippen molar-refractivity contribution in [2.24, 2.45) is 0 Å². The number of nitrogens with two attached hydrogens (primary N) is 1. The van der Waals surface area contributed by atoms with Crippen LogP contribution in [0.5, 0.6) is 0 Å². The second kappa shape index (κ2) is 2.97. The van der Waals surface area contributed by atoms with Crippen molar-refractivity contribution in [2.75, 3.05) is 5.73 Å². The molecular weight excluding hydrogens is 148 g/mol. The minimum absolute atomic E-state index is 0.744. The Bertz CT molecular complexity index is 327. The van der Waals surface area contributed by atoms with Crippen molar-refractivity contribution in [3.05, 3.63) is 29.6 Å². The van der Waals surface area contributed by atoms with E-state index < -0.39 is 0 Å². The van der Waals surface area contributed by atoms with Crippen LogP contribution in [0.1, 0.15) is 23.9 Å². The van der Waals surface area contributed by atoms with Crippen LogP contribution in [0, 0.1) is 13.8 Å². The lowest BCUT2D eigenvalue weighted by Crippen LogP contribution is -1.99. The standard InChI is InChI=1S/C10H14N2/c1-6(2)9-5-7(3)12-8(4)10(9)11/h5H,1,11H2,2-4H3. The monoisotopic (exact) mass is 162 g/mol. The van der Waals surface area contributed by atoms with Gasteiger partial charge in [-0.2, -0.15) is 0 Å². The van der Waals surface area contributed by atoms with E-state index in [2.05, 4.69) is 11.6 Å². The summed E-state index contributed by atoms with van der Waals surface area (Å²) in [6.07, 6.45) is 0. The topological polar surface area (TPSA) is 38.9 Å². The van der Waals surface area contributed by atoms with E-state index in [4.69, 9.17) is 5.73 Å². The number of rotatable bonds is 1. The summed E-state index contributed by atoms with van der Waals surface area (Å²) in [4.78, 5) is 4.25. The fourth-order valence-electron chi connectivity index (χ4n) is 1.19. The second-order valence-electron chi connectivity index (χ2n) is 3.09. The van der Waals surface area contributed by atoms with Crippen molar-refractivity contribution in [2.45, 2.75) is 20.8 Å². The summed E-state index contributed by atoms with van der Waals surface area (Å²) in [7, 11) is 0. The molecule has 0 aromatic carbocycles. The Morgan fingerprint density at radius 1 is 1.50 bits per heavy atom. The van der Waals surface area contributed by atoms with Crippen LogP contribution in [-0.4, -0.2) is 4.98 Å². The molecule has 1 aromatic heterocycles. The van der Waals surface area contributed by atoms with Crippen LogP contribution < -0.4 is 5.73 Å². The number of hydrogen-bond acceptors (Lipinski definition) is 2. The van der Waals surface area contributed by atoms with Gasteiger partial charge in [0.05, 0.1) is 11.4 Å². The van der Waals surface area contributed by atoms with Gasteiger partial charge in [0.2, 0.25) is 0 Å². The molecule has 0 bridgehead atoms. The zero-order chi connectivity index (χ0) is 9.30. The predicted molar refractivity (Wildman–Crippen MR) is 52.8 cm³/mol. The molecule has 0 saturated heterocycles. The molecule has 0 aliphatic heterocycles. The van der Waals surface area contributed by atoms with Gasteiger partial charge in [-0.05, 0) is 32.4 Å². The molecule has 0 amide bonds. The molecule has 2 N–H and O–H groups in total. The van der Waals surface area contributed by atoms with Crippen molar-refractivity contribution < 1.29 is 0 Å². The average Bonchev–Trinajstić information content (AvgIpc) is 1.96. The van der Waals surface area contributed by atoms with Crippen LogP contribution in [0.3, 0.4) is 0 Å². The number of nitrogen functional groups attached to an aromatic ring is 1. The van der Waals surface area contributed by atoms with Crippen LogP contribution in [0.2, 0.25) is 0 Å². The van der Waals surface area contributed by atoms with Crippen molar-refractivity contribution >= 4 is 11.3 Å². The van der Waals surface area contributed by atoms with Crippen LogP contribution in [0.4, 0.5) is 5.69 Å². The highest BCUT2D eigenvalue weighted by molar-refractivity contribution is 5.73. The summed E-state index contributed by atoms with van der Waals surface area (Å²) in [6, 6.07) is 1.96. The van der Waals surface area contributed by atoms with Crippen LogP contribution in [0.25, 0.3) is 5.57 Å². The van der Waals surface area contributed by atoms with Gasteiger partial charge in [-0.1, -0.05) is 6.58 Å². The van der Waals surface area contributed by atoms with Gasteiger partial charge >= 0.3 is 0 Å². The molecule has 1 rings (SSSR count). The van der Waals surface area contributed by atoms with Crippen molar-refractivity contribution in [1.82, 2.24) is 4.98 Å². The molecule has 2 nitrogen and oxygen atoms in total. The van der Waals surface area contributed by atoms with E-state index in [1.807, 2.05) is 26.8 Å². The van der Waals surface area contributed by atoms with Gasteiger partial charge < -0.3 is 5.73 Å². The Kier molecular flexibility index (Phi) is 2.18. The quantitative estimate of drug-likeness (QED) is 0.688. The normalized spacial score (nSPS) is 9.92. The molecule has 0 radical (unpaired) electrons. The Morgan fingerprint density at radius 2 is 2.08 bits per heavy atom. The van der Waals surface area contributed by atoms with E-state index in [1.165, 1.54) is 0 Å². The highest BCUT2D eigenvalue weighted by atomic mass is 14.7. The summed E-state index contributed by atoms with van der Waals surface area (Å²) in [6.45, 7) is 9.68. The summed E-state index contributed by atoms with van der Waals surface area (Å²) < 4.78 is 0. The van der Waals surface area contributed by atoms with Crippen molar-refractivity contribution in [3.8, 4) is 0 Å². The fourth-order valence-corrected chi connectivity index (χ4v) is 1.19. The molecule has 0 spiro atoms. The van der Waals surface area contributed by atoms with E-state index in [1.54, 1.807) is 0 Å². The number of allylic oxidation sites excluding steroid dienone is 1. The summed E-state index contributed by atoms with van der Waals surface area (Å²) in [5.41, 5.74) is 10.4.